The van der Waals surface area contributed by atoms with Gasteiger partial charge in [0.05, 0.1) is 0 Å². The third-order valence-corrected chi connectivity index (χ3v) is 4.17. The summed E-state index contributed by atoms with van der Waals surface area (Å²) in [6, 6.07) is 8.30. The molecule has 3 heteroatoms. The molecule has 0 saturated heterocycles. The van der Waals surface area contributed by atoms with Crippen molar-refractivity contribution in [3.05, 3.63) is 29.8 Å². The summed E-state index contributed by atoms with van der Waals surface area (Å²) in [5.41, 5.74) is 1.15. The summed E-state index contributed by atoms with van der Waals surface area (Å²) in [5, 5.41) is 3.12. The van der Waals surface area contributed by atoms with Gasteiger partial charge in [0.15, 0.2) is 6.10 Å². The second-order valence-corrected chi connectivity index (χ2v) is 6.30. The van der Waals surface area contributed by atoms with Gasteiger partial charge in [0, 0.05) is 6.04 Å². The maximum Gasteiger partial charge on any atom is 0.260 e. The van der Waals surface area contributed by atoms with Crippen LogP contribution in [-0.4, -0.2) is 18.1 Å². The first-order valence-electron chi connectivity index (χ1n) is 8.14. The molecule has 1 aromatic carbocycles. The molecule has 0 aliphatic heterocycles. The van der Waals surface area contributed by atoms with E-state index in [1.807, 2.05) is 25.1 Å². The number of nitrogens with one attached hydrogen (secondary N) is 1. The highest BCUT2D eigenvalue weighted by Gasteiger charge is 2.21. The van der Waals surface area contributed by atoms with Crippen LogP contribution >= 0.6 is 0 Å². The Morgan fingerprint density at radius 1 is 1.14 bits per heavy atom. The Hall–Kier alpha value is -1.51. The maximum absolute atomic E-state index is 12.3. The van der Waals surface area contributed by atoms with Crippen molar-refractivity contribution in [3.63, 3.8) is 0 Å². The van der Waals surface area contributed by atoms with Crippen molar-refractivity contribution in [2.24, 2.45) is 0 Å². The summed E-state index contributed by atoms with van der Waals surface area (Å²) in [7, 11) is 0. The molecule has 0 heterocycles. The van der Waals surface area contributed by atoms with E-state index in [-0.39, 0.29) is 5.91 Å². The molecular formula is C18H27NO2. The van der Waals surface area contributed by atoms with Gasteiger partial charge >= 0.3 is 0 Å². The van der Waals surface area contributed by atoms with Crippen LogP contribution in [0.2, 0.25) is 0 Å². The lowest BCUT2D eigenvalue weighted by Gasteiger charge is -2.25. The monoisotopic (exact) mass is 289 g/mol. The van der Waals surface area contributed by atoms with Gasteiger partial charge in [-0.1, -0.05) is 51.3 Å². The van der Waals surface area contributed by atoms with Gasteiger partial charge in [-0.15, -0.1) is 0 Å². The van der Waals surface area contributed by atoms with E-state index in [9.17, 15) is 4.79 Å². The van der Waals surface area contributed by atoms with E-state index >= 15 is 0 Å². The van der Waals surface area contributed by atoms with Gasteiger partial charge in [-0.2, -0.15) is 0 Å². The number of para-hydroxylation sites is 1. The van der Waals surface area contributed by atoms with E-state index in [4.69, 9.17) is 4.74 Å². The lowest BCUT2D eigenvalue weighted by molar-refractivity contribution is -0.128. The SMILES string of the molecule is CC(C)c1ccccc1O[C@H](C)C(=O)NC1CCCCC1. The Kier molecular flexibility index (Phi) is 5.66. The normalized spacial score (nSPS) is 17.5. The topological polar surface area (TPSA) is 38.3 Å². The maximum atomic E-state index is 12.3. The third kappa shape index (κ3) is 4.48. The Morgan fingerprint density at radius 3 is 2.48 bits per heavy atom. The number of hydrogen-bond donors (Lipinski definition) is 1. The van der Waals surface area contributed by atoms with Gasteiger partial charge in [0.25, 0.3) is 5.91 Å². The standard InChI is InChI=1S/C18H27NO2/c1-13(2)16-11-7-8-12-17(16)21-14(3)18(20)19-15-9-5-4-6-10-15/h7-8,11-15H,4-6,9-10H2,1-3H3,(H,19,20)/t14-/m1/s1. The second-order valence-electron chi connectivity index (χ2n) is 6.30. The van der Waals surface area contributed by atoms with Crippen molar-refractivity contribution in [3.8, 4) is 5.75 Å². The van der Waals surface area contributed by atoms with Crippen LogP contribution < -0.4 is 10.1 Å². The summed E-state index contributed by atoms with van der Waals surface area (Å²) in [6.45, 7) is 6.10. The van der Waals surface area contributed by atoms with Gasteiger partial charge in [-0.3, -0.25) is 4.79 Å². The molecule has 1 N–H and O–H groups in total. The molecule has 0 unspecified atom stereocenters. The molecule has 1 amide bonds. The van der Waals surface area contributed by atoms with Crippen LogP contribution in [0.4, 0.5) is 0 Å². The number of benzene rings is 1. The smallest absolute Gasteiger partial charge is 0.260 e. The molecule has 1 fully saturated rings. The molecule has 3 nitrogen and oxygen atoms in total. The van der Waals surface area contributed by atoms with E-state index in [2.05, 4.69) is 25.2 Å². The molecule has 116 valence electrons. The molecule has 0 aromatic heterocycles. The molecule has 0 bridgehead atoms. The summed E-state index contributed by atoms with van der Waals surface area (Å²) in [6.07, 6.45) is 5.47. The zero-order chi connectivity index (χ0) is 15.2. The minimum absolute atomic E-state index is 0.000425. The van der Waals surface area contributed by atoms with Crippen LogP contribution in [0.25, 0.3) is 0 Å². The fraction of sp³-hybridized carbons (Fsp3) is 0.611. The van der Waals surface area contributed by atoms with Crippen LogP contribution in [0.1, 0.15) is 64.4 Å². The van der Waals surface area contributed by atoms with Crippen LogP contribution in [0.3, 0.4) is 0 Å². The van der Waals surface area contributed by atoms with Crippen molar-refractivity contribution in [2.45, 2.75) is 70.9 Å². The molecule has 1 aromatic rings. The van der Waals surface area contributed by atoms with E-state index in [0.717, 1.165) is 24.2 Å². The quantitative estimate of drug-likeness (QED) is 0.889. The van der Waals surface area contributed by atoms with Crippen LogP contribution in [0, 0.1) is 0 Å². The number of rotatable bonds is 5. The number of amides is 1. The van der Waals surface area contributed by atoms with Crippen molar-refractivity contribution >= 4 is 5.91 Å². The number of hydrogen-bond acceptors (Lipinski definition) is 2. The number of carbonyl (C=O) groups is 1. The first-order chi connectivity index (χ1) is 10.1. The van der Waals surface area contributed by atoms with Gasteiger partial charge in [0.1, 0.15) is 5.75 Å². The molecular weight excluding hydrogens is 262 g/mol. The molecule has 1 atom stereocenters. The summed E-state index contributed by atoms with van der Waals surface area (Å²) >= 11 is 0. The average molecular weight is 289 g/mol. The Morgan fingerprint density at radius 2 is 1.81 bits per heavy atom. The van der Waals surface area contributed by atoms with Crippen LogP contribution in [-0.2, 0) is 4.79 Å². The zero-order valence-electron chi connectivity index (χ0n) is 13.4. The fourth-order valence-corrected chi connectivity index (χ4v) is 2.87. The summed E-state index contributed by atoms with van der Waals surface area (Å²) in [5.74, 6) is 1.20. The average Bonchev–Trinajstić information content (AvgIpc) is 2.48. The lowest BCUT2D eigenvalue weighted by atomic mass is 9.95. The largest absolute Gasteiger partial charge is 0.481 e. The molecule has 1 aliphatic carbocycles. The predicted octanol–water partition coefficient (Wildman–Crippen LogP) is 4.03. The highest BCUT2D eigenvalue weighted by Crippen LogP contribution is 2.26. The molecule has 1 aliphatic rings. The van der Waals surface area contributed by atoms with Crippen molar-refractivity contribution in [2.75, 3.05) is 0 Å². The van der Waals surface area contributed by atoms with Gasteiger partial charge in [-0.25, -0.2) is 0 Å². The lowest BCUT2D eigenvalue weighted by Crippen LogP contribution is -2.43. The van der Waals surface area contributed by atoms with Crippen molar-refractivity contribution in [1.29, 1.82) is 0 Å². The first kappa shape index (κ1) is 15.9. The molecule has 21 heavy (non-hydrogen) atoms. The second kappa shape index (κ2) is 7.48. The van der Waals surface area contributed by atoms with E-state index in [0.29, 0.717) is 12.0 Å². The summed E-state index contributed by atoms with van der Waals surface area (Å²) in [4.78, 5) is 12.3. The Balaban J connectivity index is 1.94. The minimum Gasteiger partial charge on any atom is -0.481 e. The first-order valence-corrected chi connectivity index (χ1v) is 8.14. The van der Waals surface area contributed by atoms with E-state index in [1.54, 1.807) is 0 Å². The highest BCUT2D eigenvalue weighted by molar-refractivity contribution is 5.81. The van der Waals surface area contributed by atoms with Crippen molar-refractivity contribution < 1.29 is 9.53 Å². The van der Waals surface area contributed by atoms with Crippen molar-refractivity contribution in [1.82, 2.24) is 5.32 Å². The summed E-state index contributed by atoms with van der Waals surface area (Å²) < 4.78 is 5.90. The fourth-order valence-electron chi connectivity index (χ4n) is 2.87. The van der Waals surface area contributed by atoms with Gasteiger partial charge in [-0.05, 0) is 37.3 Å². The third-order valence-electron chi connectivity index (χ3n) is 4.17. The predicted molar refractivity (Wildman–Crippen MR) is 85.6 cm³/mol. The minimum atomic E-state index is -0.452. The van der Waals surface area contributed by atoms with Gasteiger partial charge in [0.2, 0.25) is 0 Å². The number of carbonyl (C=O) groups excluding carboxylic acids is 1. The van der Waals surface area contributed by atoms with Crippen LogP contribution in [0.15, 0.2) is 24.3 Å². The van der Waals surface area contributed by atoms with E-state index in [1.165, 1.54) is 19.3 Å². The Bertz CT molecular complexity index is 464. The Labute approximate surface area is 128 Å². The number of ether oxygens (including phenoxy) is 1. The molecule has 1 saturated carbocycles. The molecule has 0 radical (unpaired) electrons. The molecule has 2 rings (SSSR count). The van der Waals surface area contributed by atoms with Crippen LogP contribution in [0.5, 0.6) is 5.75 Å². The van der Waals surface area contributed by atoms with Gasteiger partial charge < -0.3 is 10.1 Å². The highest BCUT2D eigenvalue weighted by atomic mass is 16.5. The van der Waals surface area contributed by atoms with E-state index < -0.39 is 6.10 Å². The zero-order valence-corrected chi connectivity index (χ0v) is 13.4. The molecule has 0 spiro atoms.